The SMILES string of the molecule is Cc1c(C(N)=O)cc(F)c(F)c1-c1ccccc1. The Kier molecular flexibility index (Phi) is 3.10. The predicted molar refractivity (Wildman–Crippen MR) is 65.0 cm³/mol. The first-order valence-electron chi connectivity index (χ1n) is 5.36. The van der Waals surface area contributed by atoms with Crippen molar-refractivity contribution in [3.8, 4) is 11.1 Å². The zero-order valence-electron chi connectivity index (χ0n) is 9.71. The van der Waals surface area contributed by atoms with E-state index in [1.807, 2.05) is 0 Å². The maximum Gasteiger partial charge on any atom is 0.249 e. The predicted octanol–water partition coefficient (Wildman–Crippen LogP) is 3.04. The molecule has 4 heteroatoms. The number of hydrogen-bond donors (Lipinski definition) is 1. The van der Waals surface area contributed by atoms with Crippen LogP contribution in [-0.4, -0.2) is 5.91 Å². The summed E-state index contributed by atoms with van der Waals surface area (Å²) in [5, 5.41) is 0. The lowest BCUT2D eigenvalue weighted by molar-refractivity contribution is 0.0999. The minimum atomic E-state index is -1.08. The molecule has 0 spiro atoms. The molecule has 0 bridgehead atoms. The molecule has 2 rings (SSSR count). The number of carbonyl (C=O) groups is 1. The van der Waals surface area contributed by atoms with Crippen molar-refractivity contribution in [1.29, 1.82) is 0 Å². The summed E-state index contributed by atoms with van der Waals surface area (Å²) in [6, 6.07) is 9.32. The Morgan fingerprint density at radius 1 is 1.17 bits per heavy atom. The number of hydrogen-bond acceptors (Lipinski definition) is 1. The van der Waals surface area contributed by atoms with Gasteiger partial charge >= 0.3 is 0 Å². The number of halogens is 2. The van der Waals surface area contributed by atoms with Gasteiger partial charge in [-0.2, -0.15) is 0 Å². The highest BCUT2D eigenvalue weighted by Gasteiger charge is 2.19. The van der Waals surface area contributed by atoms with Crippen molar-refractivity contribution in [2.75, 3.05) is 0 Å². The van der Waals surface area contributed by atoms with Crippen LogP contribution in [0.1, 0.15) is 15.9 Å². The van der Waals surface area contributed by atoms with E-state index >= 15 is 0 Å². The van der Waals surface area contributed by atoms with E-state index in [9.17, 15) is 13.6 Å². The molecule has 0 saturated heterocycles. The van der Waals surface area contributed by atoms with Crippen LogP contribution in [0.25, 0.3) is 11.1 Å². The van der Waals surface area contributed by atoms with E-state index in [0.29, 0.717) is 11.1 Å². The van der Waals surface area contributed by atoms with Crippen LogP contribution in [0.2, 0.25) is 0 Å². The summed E-state index contributed by atoms with van der Waals surface area (Å²) in [6.07, 6.45) is 0. The zero-order valence-corrected chi connectivity index (χ0v) is 9.71. The third-order valence-corrected chi connectivity index (χ3v) is 2.81. The van der Waals surface area contributed by atoms with E-state index in [1.54, 1.807) is 37.3 Å². The van der Waals surface area contributed by atoms with Gasteiger partial charge in [0.05, 0.1) is 0 Å². The average molecular weight is 247 g/mol. The second-order valence-corrected chi connectivity index (χ2v) is 3.95. The van der Waals surface area contributed by atoms with Crippen molar-refractivity contribution in [2.24, 2.45) is 5.73 Å². The van der Waals surface area contributed by atoms with E-state index < -0.39 is 17.5 Å². The summed E-state index contributed by atoms with van der Waals surface area (Å²) in [5.74, 6) is -2.82. The largest absolute Gasteiger partial charge is 0.366 e. The molecule has 0 heterocycles. The highest BCUT2D eigenvalue weighted by Crippen LogP contribution is 2.30. The van der Waals surface area contributed by atoms with Gasteiger partial charge in [0.15, 0.2) is 11.6 Å². The van der Waals surface area contributed by atoms with Crippen LogP contribution in [0.15, 0.2) is 36.4 Å². The first-order valence-corrected chi connectivity index (χ1v) is 5.36. The van der Waals surface area contributed by atoms with E-state index in [4.69, 9.17) is 5.73 Å². The van der Waals surface area contributed by atoms with Crippen LogP contribution in [0.4, 0.5) is 8.78 Å². The third kappa shape index (κ3) is 1.97. The van der Waals surface area contributed by atoms with Crippen molar-refractivity contribution in [1.82, 2.24) is 0 Å². The number of carbonyl (C=O) groups excluding carboxylic acids is 1. The Balaban J connectivity index is 2.78. The molecule has 0 aliphatic rings. The third-order valence-electron chi connectivity index (χ3n) is 2.81. The number of nitrogens with two attached hydrogens (primary N) is 1. The summed E-state index contributed by atoms with van der Waals surface area (Å²) in [4.78, 5) is 11.2. The fraction of sp³-hybridized carbons (Fsp3) is 0.0714. The average Bonchev–Trinajstić information content (AvgIpc) is 2.35. The molecule has 2 nitrogen and oxygen atoms in total. The van der Waals surface area contributed by atoms with Gasteiger partial charge in [-0.05, 0) is 24.1 Å². The summed E-state index contributed by atoms with van der Waals surface area (Å²) >= 11 is 0. The molecule has 0 saturated carbocycles. The molecular weight excluding hydrogens is 236 g/mol. The van der Waals surface area contributed by atoms with Crippen LogP contribution in [-0.2, 0) is 0 Å². The lowest BCUT2D eigenvalue weighted by Crippen LogP contribution is -2.14. The Morgan fingerprint density at radius 3 is 2.33 bits per heavy atom. The summed E-state index contributed by atoms with van der Waals surface area (Å²) in [5.41, 5.74) is 6.07. The minimum Gasteiger partial charge on any atom is -0.366 e. The second kappa shape index (κ2) is 4.56. The lowest BCUT2D eigenvalue weighted by Gasteiger charge is -2.11. The molecule has 2 aromatic rings. The summed E-state index contributed by atoms with van der Waals surface area (Å²) in [7, 11) is 0. The molecule has 0 radical (unpaired) electrons. The van der Waals surface area contributed by atoms with E-state index in [2.05, 4.69) is 0 Å². The second-order valence-electron chi connectivity index (χ2n) is 3.95. The Hall–Kier alpha value is -2.23. The number of primary amides is 1. The molecular formula is C14H11F2NO. The quantitative estimate of drug-likeness (QED) is 0.870. The molecule has 2 N–H and O–H groups in total. The minimum absolute atomic E-state index is 0.00671. The number of rotatable bonds is 2. The van der Waals surface area contributed by atoms with Gasteiger partial charge in [-0.15, -0.1) is 0 Å². The topological polar surface area (TPSA) is 43.1 Å². The van der Waals surface area contributed by atoms with Crippen LogP contribution >= 0.6 is 0 Å². The molecule has 0 aliphatic heterocycles. The Bertz CT molecular complexity index is 609. The normalized spacial score (nSPS) is 10.4. The van der Waals surface area contributed by atoms with Crippen molar-refractivity contribution >= 4 is 5.91 Å². The van der Waals surface area contributed by atoms with Gasteiger partial charge in [-0.25, -0.2) is 8.78 Å². The number of amides is 1. The van der Waals surface area contributed by atoms with Crippen molar-refractivity contribution in [2.45, 2.75) is 6.92 Å². The number of benzene rings is 2. The Labute approximate surface area is 103 Å². The molecule has 0 fully saturated rings. The highest BCUT2D eigenvalue weighted by molar-refractivity contribution is 5.96. The first kappa shape index (κ1) is 12.2. The van der Waals surface area contributed by atoms with Crippen molar-refractivity contribution < 1.29 is 13.6 Å². The smallest absolute Gasteiger partial charge is 0.249 e. The molecule has 92 valence electrons. The Morgan fingerprint density at radius 2 is 1.78 bits per heavy atom. The fourth-order valence-corrected chi connectivity index (χ4v) is 1.92. The summed E-state index contributed by atoms with van der Waals surface area (Å²) in [6.45, 7) is 1.55. The van der Waals surface area contributed by atoms with Gasteiger partial charge in [-0.1, -0.05) is 30.3 Å². The monoisotopic (exact) mass is 247 g/mol. The van der Waals surface area contributed by atoms with Crippen LogP contribution in [0.5, 0.6) is 0 Å². The lowest BCUT2D eigenvalue weighted by atomic mass is 9.95. The van der Waals surface area contributed by atoms with Gasteiger partial charge in [0.25, 0.3) is 0 Å². The first-order chi connectivity index (χ1) is 8.52. The molecule has 18 heavy (non-hydrogen) atoms. The van der Waals surface area contributed by atoms with Gasteiger partial charge in [0, 0.05) is 11.1 Å². The molecule has 0 aliphatic carbocycles. The highest BCUT2D eigenvalue weighted by atomic mass is 19.2. The van der Waals surface area contributed by atoms with Crippen LogP contribution in [0.3, 0.4) is 0 Å². The van der Waals surface area contributed by atoms with Gasteiger partial charge in [-0.3, -0.25) is 4.79 Å². The molecule has 2 aromatic carbocycles. The molecule has 0 unspecified atom stereocenters. The van der Waals surface area contributed by atoms with Crippen LogP contribution in [0, 0.1) is 18.6 Å². The standard InChI is InChI=1S/C14H11F2NO/c1-8-10(14(17)18)7-11(15)13(16)12(8)9-5-3-2-4-6-9/h2-7H,1H3,(H2,17,18). The molecule has 0 atom stereocenters. The van der Waals surface area contributed by atoms with Gasteiger partial charge < -0.3 is 5.73 Å². The summed E-state index contributed by atoms with van der Waals surface area (Å²) < 4.78 is 27.3. The maximum atomic E-state index is 13.9. The molecule has 0 aromatic heterocycles. The van der Waals surface area contributed by atoms with Gasteiger partial charge in [0.2, 0.25) is 5.91 Å². The van der Waals surface area contributed by atoms with Gasteiger partial charge in [0.1, 0.15) is 0 Å². The van der Waals surface area contributed by atoms with Crippen molar-refractivity contribution in [3.05, 3.63) is 59.2 Å². The van der Waals surface area contributed by atoms with E-state index in [1.165, 1.54) is 0 Å². The molecule has 1 amide bonds. The van der Waals surface area contributed by atoms with E-state index in [0.717, 1.165) is 6.07 Å². The van der Waals surface area contributed by atoms with Crippen LogP contribution < -0.4 is 5.73 Å². The zero-order chi connectivity index (χ0) is 13.3. The van der Waals surface area contributed by atoms with Crippen molar-refractivity contribution in [3.63, 3.8) is 0 Å². The van der Waals surface area contributed by atoms with E-state index in [-0.39, 0.29) is 11.1 Å². The maximum absolute atomic E-state index is 13.9. The fourth-order valence-electron chi connectivity index (χ4n) is 1.92.